The molecule has 1 amide bonds. The number of rotatable bonds is 3. The number of halogens is 2. The van der Waals surface area contributed by atoms with E-state index >= 15 is 0 Å². The summed E-state index contributed by atoms with van der Waals surface area (Å²) in [5.41, 5.74) is 0.992. The summed E-state index contributed by atoms with van der Waals surface area (Å²) in [4.78, 5) is 18.3. The van der Waals surface area contributed by atoms with Gasteiger partial charge in [0.15, 0.2) is 0 Å². The molecule has 0 saturated carbocycles. The van der Waals surface area contributed by atoms with Crippen LogP contribution in [-0.4, -0.2) is 30.7 Å². The first-order chi connectivity index (χ1) is 9.13. The van der Waals surface area contributed by atoms with Crippen molar-refractivity contribution < 1.29 is 9.63 Å². The van der Waals surface area contributed by atoms with Crippen molar-refractivity contribution in [3.05, 3.63) is 33.8 Å². The molecule has 1 aromatic rings. The molecule has 19 heavy (non-hydrogen) atoms. The van der Waals surface area contributed by atoms with Gasteiger partial charge in [-0.3, -0.25) is 4.79 Å². The average molecular weight is 301 g/mol. The van der Waals surface area contributed by atoms with Crippen molar-refractivity contribution >= 4 is 35.3 Å². The zero-order valence-corrected chi connectivity index (χ0v) is 12.0. The lowest BCUT2D eigenvalue weighted by Gasteiger charge is -2.23. The van der Waals surface area contributed by atoms with Crippen LogP contribution in [0.25, 0.3) is 0 Å². The summed E-state index contributed by atoms with van der Waals surface area (Å²) < 4.78 is 0. The minimum atomic E-state index is -0.157. The molecule has 1 fully saturated rings. The van der Waals surface area contributed by atoms with Crippen molar-refractivity contribution in [2.45, 2.75) is 18.9 Å². The normalized spacial score (nSPS) is 19.1. The zero-order valence-electron chi connectivity index (χ0n) is 10.5. The maximum Gasteiger partial charge on any atom is 0.268 e. The molecule has 1 unspecified atom stereocenters. The Morgan fingerprint density at radius 3 is 2.95 bits per heavy atom. The molecule has 6 heteroatoms. The second-order valence-electron chi connectivity index (χ2n) is 4.28. The minimum Gasteiger partial charge on any atom is -0.399 e. The van der Waals surface area contributed by atoms with Gasteiger partial charge < -0.3 is 9.74 Å². The van der Waals surface area contributed by atoms with Crippen LogP contribution in [-0.2, 0) is 9.63 Å². The van der Waals surface area contributed by atoms with Crippen LogP contribution in [0.5, 0.6) is 0 Å². The number of nitrogens with zero attached hydrogens (tertiary/aromatic N) is 2. The summed E-state index contributed by atoms with van der Waals surface area (Å²) in [6.45, 7) is 0.708. The molecule has 1 heterocycles. The molecule has 1 aliphatic rings. The monoisotopic (exact) mass is 300 g/mol. The molecule has 1 saturated heterocycles. The first kappa shape index (κ1) is 14.2. The quantitative estimate of drug-likeness (QED) is 0.635. The van der Waals surface area contributed by atoms with Crippen LogP contribution in [0.3, 0.4) is 0 Å². The van der Waals surface area contributed by atoms with Gasteiger partial charge in [-0.25, -0.2) is 0 Å². The summed E-state index contributed by atoms with van der Waals surface area (Å²) in [6, 6.07) is 5.49. The van der Waals surface area contributed by atoms with Crippen LogP contribution in [0.1, 0.15) is 24.4 Å². The van der Waals surface area contributed by atoms with Crippen LogP contribution in [0.2, 0.25) is 10.0 Å². The van der Waals surface area contributed by atoms with Crippen molar-refractivity contribution in [3.8, 4) is 0 Å². The Bertz CT molecular complexity index is 505. The molecular formula is C13H14Cl2N2O2. The Balaban J connectivity index is 2.20. The highest BCUT2D eigenvalue weighted by Crippen LogP contribution is 2.34. The molecule has 102 valence electrons. The van der Waals surface area contributed by atoms with Gasteiger partial charge in [0.25, 0.3) is 5.91 Å². The number of oxime groups is 1. The number of benzene rings is 1. The third-order valence-electron chi connectivity index (χ3n) is 3.13. The number of amides is 1. The Morgan fingerprint density at radius 1 is 1.47 bits per heavy atom. The van der Waals surface area contributed by atoms with Gasteiger partial charge >= 0.3 is 0 Å². The van der Waals surface area contributed by atoms with Crippen LogP contribution < -0.4 is 0 Å². The van der Waals surface area contributed by atoms with Crippen molar-refractivity contribution in [1.29, 1.82) is 0 Å². The van der Waals surface area contributed by atoms with E-state index in [1.165, 1.54) is 13.3 Å². The van der Waals surface area contributed by atoms with Crippen molar-refractivity contribution in [3.63, 3.8) is 0 Å². The van der Waals surface area contributed by atoms with E-state index in [1.807, 2.05) is 12.1 Å². The fourth-order valence-corrected chi connectivity index (χ4v) is 2.58. The van der Waals surface area contributed by atoms with E-state index in [2.05, 4.69) is 9.99 Å². The summed E-state index contributed by atoms with van der Waals surface area (Å²) >= 11 is 11.9. The van der Waals surface area contributed by atoms with E-state index in [0.717, 1.165) is 18.4 Å². The molecule has 1 aliphatic heterocycles. The van der Waals surface area contributed by atoms with Crippen molar-refractivity contribution in [1.82, 2.24) is 4.90 Å². The number of carbonyl (C=O) groups excluding carboxylic acids is 1. The number of carbonyl (C=O) groups is 1. The first-order valence-corrected chi connectivity index (χ1v) is 6.71. The van der Waals surface area contributed by atoms with Crippen LogP contribution in [0.4, 0.5) is 0 Å². The topological polar surface area (TPSA) is 41.9 Å². The van der Waals surface area contributed by atoms with Gasteiger partial charge in [-0.2, -0.15) is 0 Å². The summed E-state index contributed by atoms with van der Waals surface area (Å²) in [5.74, 6) is -0.157. The van der Waals surface area contributed by atoms with Crippen molar-refractivity contribution in [2.75, 3.05) is 13.7 Å². The molecule has 1 aromatic carbocycles. The van der Waals surface area contributed by atoms with Crippen LogP contribution >= 0.6 is 23.2 Å². The van der Waals surface area contributed by atoms with E-state index in [4.69, 9.17) is 23.2 Å². The smallest absolute Gasteiger partial charge is 0.268 e. The summed E-state index contributed by atoms with van der Waals surface area (Å²) in [6.07, 6.45) is 3.05. The Morgan fingerprint density at radius 2 is 2.26 bits per heavy atom. The van der Waals surface area contributed by atoms with E-state index in [0.29, 0.717) is 16.6 Å². The SMILES string of the molecule is CON=CC(=O)N1CCCC1c1ccc(Cl)c(Cl)c1. The van der Waals surface area contributed by atoms with E-state index in [9.17, 15) is 4.79 Å². The number of likely N-dealkylation sites (tertiary alicyclic amines) is 1. The third-order valence-corrected chi connectivity index (χ3v) is 3.87. The standard InChI is InChI=1S/C13H14Cl2N2O2/c1-19-16-8-13(18)17-6-2-3-12(17)9-4-5-10(14)11(15)7-9/h4-5,7-8,12H,2-3,6H2,1H3. The molecule has 0 spiro atoms. The van der Waals surface area contributed by atoms with Gasteiger partial charge in [-0.1, -0.05) is 34.4 Å². The zero-order chi connectivity index (χ0) is 13.8. The molecule has 0 aromatic heterocycles. The molecule has 1 atom stereocenters. The Kier molecular flexibility index (Phi) is 4.66. The maximum atomic E-state index is 12.0. The summed E-state index contributed by atoms with van der Waals surface area (Å²) in [5, 5.41) is 4.53. The van der Waals surface area contributed by atoms with Gasteiger partial charge in [0.05, 0.1) is 16.1 Å². The van der Waals surface area contributed by atoms with Crippen LogP contribution in [0, 0.1) is 0 Å². The third kappa shape index (κ3) is 3.19. The Hall–Kier alpha value is -1.26. The minimum absolute atomic E-state index is 0.0190. The Labute approximate surface area is 121 Å². The predicted molar refractivity (Wildman–Crippen MR) is 75.7 cm³/mol. The second-order valence-corrected chi connectivity index (χ2v) is 5.09. The molecule has 4 nitrogen and oxygen atoms in total. The molecule has 0 bridgehead atoms. The fourth-order valence-electron chi connectivity index (χ4n) is 2.27. The highest BCUT2D eigenvalue weighted by molar-refractivity contribution is 6.42. The fraction of sp³-hybridized carbons (Fsp3) is 0.385. The van der Waals surface area contributed by atoms with Gasteiger partial charge in [0.1, 0.15) is 13.3 Å². The van der Waals surface area contributed by atoms with E-state index < -0.39 is 0 Å². The lowest BCUT2D eigenvalue weighted by Crippen LogP contribution is -2.31. The largest absolute Gasteiger partial charge is 0.399 e. The first-order valence-electron chi connectivity index (χ1n) is 5.95. The summed E-state index contributed by atoms with van der Waals surface area (Å²) in [7, 11) is 1.41. The lowest BCUT2D eigenvalue weighted by atomic mass is 10.0. The van der Waals surface area contributed by atoms with Crippen molar-refractivity contribution in [2.24, 2.45) is 5.16 Å². The van der Waals surface area contributed by atoms with Gasteiger partial charge in [-0.05, 0) is 30.5 Å². The van der Waals surface area contributed by atoms with Gasteiger partial charge in [0, 0.05) is 6.54 Å². The number of hydrogen-bond acceptors (Lipinski definition) is 3. The maximum absolute atomic E-state index is 12.0. The lowest BCUT2D eigenvalue weighted by molar-refractivity contribution is -0.124. The molecule has 0 radical (unpaired) electrons. The molecule has 2 rings (SSSR count). The van der Waals surface area contributed by atoms with E-state index in [1.54, 1.807) is 11.0 Å². The molecular weight excluding hydrogens is 287 g/mol. The van der Waals surface area contributed by atoms with Gasteiger partial charge in [-0.15, -0.1) is 0 Å². The molecule has 0 aliphatic carbocycles. The average Bonchev–Trinajstić information content (AvgIpc) is 2.88. The highest BCUT2D eigenvalue weighted by atomic mass is 35.5. The second kappa shape index (κ2) is 6.26. The highest BCUT2D eigenvalue weighted by Gasteiger charge is 2.29. The van der Waals surface area contributed by atoms with Gasteiger partial charge in [0.2, 0.25) is 0 Å². The molecule has 0 N–H and O–H groups in total. The number of hydrogen-bond donors (Lipinski definition) is 0. The predicted octanol–water partition coefficient (Wildman–Crippen LogP) is 3.29. The van der Waals surface area contributed by atoms with Crippen LogP contribution in [0.15, 0.2) is 23.4 Å². The van der Waals surface area contributed by atoms with E-state index in [-0.39, 0.29) is 11.9 Å².